The van der Waals surface area contributed by atoms with Crippen LogP contribution >= 0.6 is 0 Å². The number of nitrogens with zero attached hydrogens (tertiary/aromatic N) is 3. The van der Waals surface area contributed by atoms with Crippen molar-refractivity contribution in [2.45, 2.75) is 19.4 Å². The summed E-state index contributed by atoms with van der Waals surface area (Å²) in [6, 6.07) is 4.31. The summed E-state index contributed by atoms with van der Waals surface area (Å²) >= 11 is 0. The SMILES string of the molecule is O=C(CN1CCN(Cc2cccc(F)c2F)CC1)N1CCCC1. The lowest BCUT2D eigenvalue weighted by Gasteiger charge is -2.35. The van der Waals surface area contributed by atoms with Gasteiger partial charge in [0, 0.05) is 51.4 Å². The lowest BCUT2D eigenvalue weighted by Crippen LogP contribution is -2.49. The third-order valence-electron chi connectivity index (χ3n) is 4.71. The molecule has 3 rings (SSSR count). The average Bonchev–Trinajstić information content (AvgIpc) is 3.08. The normalized spacial score (nSPS) is 20.2. The molecule has 0 radical (unpaired) electrons. The molecule has 0 N–H and O–H groups in total. The summed E-state index contributed by atoms with van der Waals surface area (Å²) in [5.41, 5.74) is 0.395. The molecule has 0 saturated carbocycles. The van der Waals surface area contributed by atoms with E-state index < -0.39 is 11.6 Å². The van der Waals surface area contributed by atoms with Gasteiger partial charge in [-0.15, -0.1) is 0 Å². The van der Waals surface area contributed by atoms with Gasteiger partial charge in [0.2, 0.25) is 5.91 Å². The number of piperazine rings is 1. The van der Waals surface area contributed by atoms with Gasteiger partial charge in [-0.2, -0.15) is 0 Å². The molecule has 2 saturated heterocycles. The highest BCUT2D eigenvalue weighted by atomic mass is 19.2. The third-order valence-corrected chi connectivity index (χ3v) is 4.71. The monoisotopic (exact) mass is 323 g/mol. The average molecular weight is 323 g/mol. The minimum Gasteiger partial charge on any atom is -0.342 e. The van der Waals surface area contributed by atoms with Crippen LogP contribution in [0.5, 0.6) is 0 Å². The number of carbonyl (C=O) groups excluding carboxylic acids is 1. The van der Waals surface area contributed by atoms with Gasteiger partial charge >= 0.3 is 0 Å². The van der Waals surface area contributed by atoms with Crippen LogP contribution in [-0.2, 0) is 11.3 Å². The fourth-order valence-corrected chi connectivity index (χ4v) is 3.27. The van der Waals surface area contributed by atoms with Crippen LogP contribution < -0.4 is 0 Å². The molecule has 1 aromatic carbocycles. The Morgan fingerprint density at radius 3 is 2.30 bits per heavy atom. The molecule has 4 nitrogen and oxygen atoms in total. The van der Waals surface area contributed by atoms with E-state index in [9.17, 15) is 13.6 Å². The van der Waals surface area contributed by atoms with Crippen LogP contribution in [0.4, 0.5) is 8.78 Å². The minimum atomic E-state index is -0.794. The van der Waals surface area contributed by atoms with Crippen molar-refractivity contribution in [3.8, 4) is 0 Å². The van der Waals surface area contributed by atoms with Crippen LogP contribution in [-0.4, -0.2) is 66.4 Å². The van der Waals surface area contributed by atoms with Crippen molar-refractivity contribution in [2.75, 3.05) is 45.8 Å². The fraction of sp³-hybridized carbons (Fsp3) is 0.588. The zero-order chi connectivity index (χ0) is 16.2. The molecule has 126 valence electrons. The molecule has 2 heterocycles. The number of rotatable bonds is 4. The lowest BCUT2D eigenvalue weighted by atomic mass is 10.1. The van der Waals surface area contributed by atoms with E-state index in [1.165, 1.54) is 0 Å². The zero-order valence-electron chi connectivity index (χ0n) is 13.3. The number of halogens is 2. The molecular formula is C17H23F2N3O. The van der Waals surface area contributed by atoms with Crippen molar-refractivity contribution < 1.29 is 13.6 Å². The largest absolute Gasteiger partial charge is 0.342 e. The Bertz CT molecular complexity index is 553. The molecule has 0 unspecified atom stereocenters. The maximum Gasteiger partial charge on any atom is 0.236 e. The molecule has 0 aliphatic carbocycles. The summed E-state index contributed by atoms with van der Waals surface area (Å²) in [6.07, 6.45) is 2.22. The Morgan fingerprint density at radius 2 is 1.61 bits per heavy atom. The van der Waals surface area contributed by atoms with Crippen molar-refractivity contribution in [2.24, 2.45) is 0 Å². The predicted octanol–water partition coefficient (Wildman–Crippen LogP) is 1.70. The Kier molecular flexibility index (Phi) is 5.23. The van der Waals surface area contributed by atoms with Crippen LogP contribution in [0.3, 0.4) is 0 Å². The predicted molar refractivity (Wildman–Crippen MR) is 83.9 cm³/mol. The molecule has 1 amide bonds. The molecule has 0 aromatic heterocycles. The van der Waals surface area contributed by atoms with Gasteiger partial charge in [0.25, 0.3) is 0 Å². The third kappa shape index (κ3) is 4.06. The van der Waals surface area contributed by atoms with Crippen LogP contribution in [0.15, 0.2) is 18.2 Å². The van der Waals surface area contributed by atoms with E-state index in [0.29, 0.717) is 18.7 Å². The highest BCUT2D eigenvalue weighted by molar-refractivity contribution is 5.78. The van der Waals surface area contributed by atoms with Crippen LogP contribution in [0.25, 0.3) is 0 Å². The van der Waals surface area contributed by atoms with Crippen LogP contribution in [0.2, 0.25) is 0 Å². The highest BCUT2D eigenvalue weighted by Gasteiger charge is 2.23. The van der Waals surface area contributed by atoms with Gasteiger partial charge in [0.05, 0.1) is 6.54 Å². The zero-order valence-corrected chi connectivity index (χ0v) is 13.3. The van der Waals surface area contributed by atoms with E-state index >= 15 is 0 Å². The summed E-state index contributed by atoms with van der Waals surface area (Å²) in [5.74, 6) is -1.33. The van der Waals surface area contributed by atoms with Crippen molar-refractivity contribution in [3.63, 3.8) is 0 Å². The first-order valence-corrected chi connectivity index (χ1v) is 8.29. The smallest absolute Gasteiger partial charge is 0.236 e. The molecule has 2 fully saturated rings. The van der Waals surface area contributed by atoms with Crippen molar-refractivity contribution >= 4 is 5.91 Å². The van der Waals surface area contributed by atoms with E-state index in [4.69, 9.17) is 0 Å². The standard InChI is InChI=1S/C17H23F2N3O/c18-15-5-3-4-14(17(15)19)12-20-8-10-21(11-9-20)13-16(23)22-6-1-2-7-22/h3-5H,1-2,6-13H2. The second kappa shape index (κ2) is 7.36. The Hall–Kier alpha value is -1.53. The summed E-state index contributed by atoms with van der Waals surface area (Å²) in [4.78, 5) is 18.3. The maximum absolute atomic E-state index is 13.7. The lowest BCUT2D eigenvalue weighted by molar-refractivity contribution is -0.131. The van der Waals surface area contributed by atoms with E-state index in [1.807, 2.05) is 4.90 Å². The molecule has 2 aliphatic heterocycles. The van der Waals surface area contributed by atoms with Gasteiger partial charge in [-0.1, -0.05) is 12.1 Å². The molecule has 1 aromatic rings. The van der Waals surface area contributed by atoms with E-state index in [2.05, 4.69) is 9.80 Å². The fourth-order valence-electron chi connectivity index (χ4n) is 3.27. The Labute approximate surface area is 135 Å². The minimum absolute atomic E-state index is 0.215. The first kappa shape index (κ1) is 16.3. The molecule has 2 aliphatic rings. The van der Waals surface area contributed by atoms with Crippen LogP contribution in [0.1, 0.15) is 18.4 Å². The summed E-state index contributed by atoms with van der Waals surface area (Å²) in [7, 11) is 0. The van der Waals surface area contributed by atoms with E-state index in [-0.39, 0.29) is 5.91 Å². The van der Waals surface area contributed by atoms with Gasteiger partial charge in [-0.25, -0.2) is 8.78 Å². The highest BCUT2D eigenvalue weighted by Crippen LogP contribution is 2.15. The summed E-state index contributed by atoms with van der Waals surface area (Å²) in [5, 5.41) is 0. The molecule has 6 heteroatoms. The Morgan fingerprint density at radius 1 is 0.957 bits per heavy atom. The van der Waals surface area contributed by atoms with Gasteiger partial charge in [0.1, 0.15) is 0 Å². The molecule has 0 bridgehead atoms. The molecular weight excluding hydrogens is 300 g/mol. The number of hydrogen-bond acceptors (Lipinski definition) is 3. The topological polar surface area (TPSA) is 26.8 Å². The number of amides is 1. The molecule has 0 atom stereocenters. The van der Waals surface area contributed by atoms with Gasteiger partial charge < -0.3 is 4.90 Å². The van der Waals surface area contributed by atoms with E-state index in [0.717, 1.165) is 58.2 Å². The van der Waals surface area contributed by atoms with Crippen LogP contribution in [0, 0.1) is 11.6 Å². The quantitative estimate of drug-likeness (QED) is 0.844. The number of hydrogen-bond donors (Lipinski definition) is 0. The van der Waals surface area contributed by atoms with Gasteiger partial charge in [-0.05, 0) is 18.9 Å². The molecule has 23 heavy (non-hydrogen) atoms. The summed E-state index contributed by atoms with van der Waals surface area (Å²) < 4.78 is 27.0. The second-order valence-corrected chi connectivity index (χ2v) is 6.35. The number of carbonyl (C=O) groups is 1. The molecule has 0 spiro atoms. The van der Waals surface area contributed by atoms with Crippen molar-refractivity contribution in [1.82, 2.24) is 14.7 Å². The first-order valence-electron chi connectivity index (χ1n) is 8.29. The Balaban J connectivity index is 1.46. The number of benzene rings is 1. The number of likely N-dealkylation sites (tertiary alicyclic amines) is 1. The van der Waals surface area contributed by atoms with Gasteiger partial charge in [-0.3, -0.25) is 14.6 Å². The second-order valence-electron chi connectivity index (χ2n) is 6.35. The first-order chi connectivity index (χ1) is 11.1. The van der Waals surface area contributed by atoms with Crippen molar-refractivity contribution in [1.29, 1.82) is 0 Å². The van der Waals surface area contributed by atoms with E-state index in [1.54, 1.807) is 12.1 Å². The van der Waals surface area contributed by atoms with Gasteiger partial charge in [0.15, 0.2) is 11.6 Å². The van der Waals surface area contributed by atoms with Crippen molar-refractivity contribution in [3.05, 3.63) is 35.4 Å². The summed E-state index contributed by atoms with van der Waals surface area (Å²) in [6.45, 7) is 5.77. The maximum atomic E-state index is 13.7.